The van der Waals surface area contributed by atoms with Crippen molar-refractivity contribution >= 4 is 5.82 Å². The van der Waals surface area contributed by atoms with E-state index in [-0.39, 0.29) is 11.6 Å². The molecule has 0 atom stereocenters. The Morgan fingerprint density at radius 3 is 2.56 bits per heavy atom. The van der Waals surface area contributed by atoms with E-state index in [1.165, 1.54) is 16.8 Å². The number of anilines is 1. The van der Waals surface area contributed by atoms with Crippen molar-refractivity contribution in [3.63, 3.8) is 0 Å². The quantitative estimate of drug-likeness (QED) is 0.783. The SMILES string of the molecule is CCC(CC)c1nn(-c2ccccc2C(F)(F)F)c2c1CCCCN2. The van der Waals surface area contributed by atoms with E-state index in [0.717, 1.165) is 61.8 Å². The normalized spacial score (nSPS) is 15.0. The highest BCUT2D eigenvalue weighted by Gasteiger charge is 2.35. The topological polar surface area (TPSA) is 29.9 Å². The van der Waals surface area contributed by atoms with Crippen LogP contribution in [0.2, 0.25) is 0 Å². The van der Waals surface area contributed by atoms with Gasteiger partial charge in [-0.25, -0.2) is 4.68 Å². The number of hydrogen-bond acceptors (Lipinski definition) is 2. The molecule has 0 saturated heterocycles. The third kappa shape index (κ3) is 3.39. The third-order valence-corrected chi connectivity index (χ3v) is 4.97. The Morgan fingerprint density at radius 2 is 1.88 bits per heavy atom. The molecule has 1 aromatic carbocycles. The van der Waals surface area contributed by atoms with Crippen molar-refractivity contribution in [3.05, 3.63) is 41.1 Å². The van der Waals surface area contributed by atoms with Crippen LogP contribution in [-0.4, -0.2) is 16.3 Å². The molecular weight excluding hydrogens is 327 g/mol. The monoisotopic (exact) mass is 351 g/mol. The molecule has 3 nitrogen and oxygen atoms in total. The highest BCUT2D eigenvalue weighted by Crippen LogP contribution is 2.38. The summed E-state index contributed by atoms with van der Waals surface area (Å²) in [6.07, 6.45) is 0.358. The van der Waals surface area contributed by atoms with Crippen LogP contribution in [0.1, 0.15) is 62.3 Å². The Kier molecular flexibility index (Phi) is 5.06. The molecule has 2 aromatic rings. The van der Waals surface area contributed by atoms with Crippen LogP contribution in [0.25, 0.3) is 5.69 Å². The molecule has 0 fully saturated rings. The van der Waals surface area contributed by atoms with Gasteiger partial charge < -0.3 is 5.32 Å². The molecule has 3 rings (SSSR count). The van der Waals surface area contributed by atoms with Gasteiger partial charge in [-0.2, -0.15) is 18.3 Å². The summed E-state index contributed by atoms with van der Waals surface area (Å²) in [5.41, 5.74) is 1.48. The number of fused-ring (bicyclic) bond motifs is 1. The van der Waals surface area contributed by atoms with Gasteiger partial charge in [0.2, 0.25) is 0 Å². The number of hydrogen-bond donors (Lipinski definition) is 1. The van der Waals surface area contributed by atoms with Gasteiger partial charge in [0.05, 0.1) is 16.9 Å². The fourth-order valence-corrected chi connectivity index (χ4v) is 3.60. The second-order valence-electron chi connectivity index (χ2n) is 6.54. The molecule has 0 radical (unpaired) electrons. The average molecular weight is 351 g/mol. The van der Waals surface area contributed by atoms with Crippen LogP contribution in [0.5, 0.6) is 0 Å². The predicted octanol–water partition coefficient (Wildman–Crippen LogP) is 5.54. The van der Waals surface area contributed by atoms with Gasteiger partial charge in [-0.15, -0.1) is 0 Å². The Bertz CT molecular complexity index is 730. The molecule has 0 aliphatic carbocycles. The van der Waals surface area contributed by atoms with Crippen LogP contribution >= 0.6 is 0 Å². The number of rotatable bonds is 4. The Morgan fingerprint density at radius 1 is 1.16 bits per heavy atom. The van der Waals surface area contributed by atoms with Gasteiger partial charge in [0, 0.05) is 18.0 Å². The molecule has 0 amide bonds. The van der Waals surface area contributed by atoms with Gasteiger partial charge in [0.15, 0.2) is 0 Å². The molecular formula is C19H24F3N3. The van der Waals surface area contributed by atoms with Crippen molar-refractivity contribution in [2.24, 2.45) is 0 Å². The van der Waals surface area contributed by atoms with Gasteiger partial charge in [0.25, 0.3) is 0 Å². The first-order valence-electron chi connectivity index (χ1n) is 8.99. The number of para-hydroxylation sites is 1. The fourth-order valence-electron chi connectivity index (χ4n) is 3.60. The predicted molar refractivity (Wildman–Crippen MR) is 93.3 cm³/mol. The summed E-state index contributed by atoms with van der Waals surface area (Å²) in [6.45, 7) is 4.97. The van der Waals surface area contributed by atoms with Crippen LogP contribution in [0, 0.1) is 0 Å². The van der Waals surface area contributed by atoms with E-state index in [4.69, 9.17) is 0 Å². The molecule has 0 bridgehead atoms. The van der Waals surface area contributed by atoms with Crippen LogP contribution in [0.15, 0.2) is 24.3 Å². The lowest BCUT2D eigenvalue weighted by atomic mass is 9.94. The number of nitrogens with zero attached hydrogens (tertiary/aromatic N) is 2. The summed E-state index contributed by atoms with van der Waals surface area (Å²) < 4.78 is 41.9. The zero-order valence-corrected chi connectivity index (χ0v) is 14.7. The largest absolute Gasteiger partial charge is 0.418 e. The smallest absolute Gasteiger partial charge is 0.370 e. The zero-order chi connectivity index (χ0) is 18.0. The number of aromatic nitrogens is 2. The molecule has 0 unspecified atom stereocenters. The maximum Gasteiger partial charge on any atom is 0.418 e. The summed E-state index contributed by atoms with van der Waals surface area (Å²) in [5.74, 6) is 1.00. The Hall–Kier alpha value is -1.98. The minimum Gasteiger partial charge on any atom is -0.370 e. The Balaban J connectivity index is 2.21. The van der Waals surface area contributed by atoms with E-state index >= 15 is 0 Å². The molecule has 1 aromatic heterocycles. The summed E-state index contributed by atoms with van der Waals surface area (Å²) in [7, 11) is 0. The first-order valence-corrected chi connectivity index (χ1v) is 8.99. The molecule has 1 N–H and O–H groups in total. The molecule has 136 valence electrons. The molecule has 0 spiro atoms. The van der Waals surface area contributed by atoms with E-state index in [1.54, 1.807) is 6.07 Å². The first-order chi connectivity index (χ1) is 12.0. The number of halogens is 3. The number of nitrogens with one attached hydrogen (secondary N) is 1. The number of benzene rings is 1. The second-order valence-corrected chi connectivity index (χ2v) is 6.54. The highest BCUT2D eigenvalue weighted by molar-refractivity contribution is 5.57. The van der Waals surface area contributed by atoms with Crippen molar-refractivity contribution in [2.75, 3.05) is 11.9 Å². The summed E-state index contributed by atoms with van der Waals surface area (Å²) in [5, 5.41) is 8.00. The molecule has 1 aliphatic rings. The van der Waals surface area contributed by atoms with Gasteiger partial charge in [-0.05, 0) is 44.2 Å². The van der Waals surface area contributed by atoms with E-state index in [9.17, 15) is 13.2 Å². The van der Waals surface area contributed by atoms with Crippen molar-refractivity contribution in [3.8, 4) is 5.69 Å². The number of alkyl halides is 3. The summed E-state index contributed by atoms with van der Waals surface area (Å²) in [4.78, 5) is 0. The molecule has 1 aliphatic heterocycles. The van der Waals surface area contributed by atoms with Gasteiger partial charge in [-0.3, -0.25) is 0 Å². The molecule has 2 heterocycles. The van der Waals surface area contributed by atoms with Crippen LogP contribution in [0.3, 0.4) is 0 Å². The van der Waals surface area contributed by atoms with E-state index < -0.39 is 11.7 Å². The molecule has 25 heavy (non-hydrogen) atoms. The molecule has 0 saturated carbocycles. The lowest BCUT2D eigenvalue weighted by Crippen LogP contribution is -2.14. The highest BCUT2D eigenvalue weighted by atomic mass is 19.4. The summed E-state index contributed by atoms with van der Waals surface area (Å²) >= 11 is 0. The third-order valence-electron chi connectivity index (χ3n) is 4.97. The maximum atomic E-state index is 13.5. The van der Waals surface area contributed by atoms with Gasteiger partial charge in [0.1, 0.15) is 5.82 Å². The van der Waals surface area contributed by atoms with Crippen LogP contribution in [-0.2, 0) is 12.6 Å². The lowest BCUT2D eigenvalue weighted by molar-refractivity contribution is -0.137. The average Bonchev–Trinajstić information content (AvgIpc) is 2.78. The van der Waals surface area contributed by atoms with Crippen molar-refractivity contribution in [1.29, 1.82) is 0 Å². The summed E-state index contributed by atoms with van der Waals surface area (Å²) in [6, 6.07) is 5.67. The minimum atomic E-state index is -4.41. The van der Waals surface area contributed by atoms with E-state index in [1.807, 2.05) is 0 Å². The van der Waals surface area contributed by atoms with Crippen LogP contribution < -0.4 is 5.32 Å². The van der Waals surface area contributed by atoms with Crippen molar-refractivity contribution in [1.82, 2.24) is 9.78 Å². The minimum absolute atomic E-state index is 0.0952. The van der Waals surface area contributed by atoms with E-state index in [0.29, 0.717) is 0 Å². The zero-order valence-electron chi connectivity index (χ0n) is 14.7. The maximum absolute atomic E-state index is 13.5. The van der Waals surface area contributed by atoms with Gasteiger partial charge in [-0.1, -0.05) is 26.0 Å². The standard InChI is InChI=1S/C19H24F3N3/c1-3-13(4-2)17-14-9-7-8-12-23-18(14)25(24-17)16-11-6-5-10-15(16)19(20,21)22/h5-6,10-11,13,23H,3-4,7-9,12H2,1-2H3. The van der Waals surface area contributed by atoms with Crippen LogP contribution in [0.4, 0.5) is 19.0 Å². The molecule has 6 heteroatoms. The fraction of sp³-hybridized carbons (Fsp3) is 0.526. The van der Waals surface area contributed by atoms with Crippen molar-refractivity contribution in [2.45, 2.75) is 58.0 Å². The lowest BCUT2D eigenvalue weighted by Gasteiger charge is -2.15. The second kappa shape index (κ2) is 7.10. The Labute approximate surface area is 146 Å². The first kappa shape index (κ1) is 17.8. The van der Waals surface area contributed by atoms with E-state index in [2.05, 4.69) is 24.3 Å². The van der Waals surface area contributed by atoms with Crippen molar-refractivity contribution < 1.29 is 13.2 Å². The van der Waals surface area contributed by atoms with Gasteiger partial charge >= 0.3 is 6.18 Å².